The van der Waals surface area contributed by atoms with Crippen LogP contribution >= 0.6 is 0 Å². The summed E-state index contributed by atoms with van der Waals surface area (Å²) in [5.41, 5.74) is 0.873. The number of hydrogen-bond acceptors (Lipinski definition) is 5. The number of furan rings is 1. The van der Waals surface area contributed by atoms with E-state index in [2.05, 4.69) is 10.6 Å². The Morgan fingerprint density at radius 3 is 2.50 bits per heavy atom. The molecule has 0 saturated heterocycles. The third kappa shape index (κ3) is 5.96. The van der Waals surface area contributed by atoms with Gasteiger partial charge in [-0.15, -0.1) is 0 Å². The van der Waals surface area contributed by atoms with E-state index >= 15 is 0 Å². The normalized spacial score (nSPS) is 10.0. The highest BCUT2D eigenvalue weighted by atomic mass is 16.5. The number of hydrogen-bond donors (Lipinski definition) is 2. The van der Waals surface area contributed by atoms with Crippen molar-refractivity contribution in [1.82, 2.24) is 10.6 Å². The third-order valence-corrected chi connectivity index (χ3v) is 3.06. The number of benzene rings is 1. The Morgan fingerprint density at radius 2 is 1.79 bits per heavy atom. The van der Waals surface area contributed by atoms with E-state index in [0.29, 0.717) is 0 Å². The molecule has 0 aliphatic heterocycles. The molecule has 7 heteroatoms. The topological polar surface area (TPSA) is 97.6 Å². The Bertz CT molecular complexity index is 668. The smallest absolute Gasteiger partial charge is 0.325 e. The van der Waals surface area contributed by atoms with Gasteiger partial charge in [0.1, 0.15) is 13.2 Å². The standard InChI is InChI=1S/C17H18N2O5/c20-15(8-9-18-17(22)14-7-4-10-23-14)19-11-16(21)24-12-13-5-2-1-3-6-13/h1-7,10H,8-9,11-12H2,(H,18,22)(H,19,20). The molecular formula is C17H18N2O5. The molecule has 0 atom stereocenters. The number of ether oxygens (including phenoxy) is 1. The van der Waals surface area contributed by atoms with Crippen LogP contribution in [0.15, 0.2) is 53.1 Å². The Labute approximate surface area is 139 Å². The number of nitrogens with one attached hydrogen (secondary N) is 2. The highest BCUT2D eigenvalue weighted by molar-refractivity contribution is 5.91. The first-order valence-electron chi connectivity index (χ1n) is 7.43. The molecule has 0 radical (unpaired) electrons. The SMILES string of the molecule is O=C(CCNC(=O)c1ccco1)NCC(=O)OCc1ccccc1. The van der Waals surface area contributed by atoms with Crippen molar-refractivity contribution in [1.29, 1.82) is 0 Å². The van der Waals surface area contributed by atoms with Crippen LogP contribution in [0.3, 0.4) is 0 Å². The van der Waals surface area contributed by atoms with Crippen LogP contribution in [0.1, 0.15) is 22.5 Å². The number of carbonyl (C=O) groups excluding carboxylic acids is 3. The minimum atomic E-state index is -0.521. The number of esters is 1. The van der Waals surface area contributed by atoms with E-state index in [1.54, 1.807) is 6.07 Å². The van der Waals surface area contributed by atoms with Crippen molar-refractivity contribution in [3.63, 3.8) is 0 Å². The fourth-order valence-electron chi connectivity index (χ4n) is 1.83. The molecule has 0 aliphatic carbocycles. The Morgan fingerprint density at radius 1 is 1.00 bits per heavy atom. The van der Waals surface area contributed by atoms with E-state index in [1.165, 1.54) is 12.3 Å². The predicted octanol–water partition coefficient (Wildman–Crippen LogP) is 1.26. The van der Waals surface area contributed by atoms with Crippen LogP contribution < -0.4 is 10.6 Å². The van der Waals surface area contributed by atoms with Crippen LogP contribution in [0.2, 0.25) is 0 Å². The predicted molar refractivity (Wildman–Crippen MR) is 84.9 cm³/mol. The quantitative estimate of drug-likeness (QED) is 0.710. The van der Waals surface area contributed by atoms with E-state index in [1.807, 2.05) is 30.3 Å². The molecule has 0 fully saturated rings. The first-order valence-corrected chi connectivity index (χ1v) is 7.43. The van der Waals surface area contributed by atoms with Gasteiger partial charge < -0.3 is 19.8 Å². The van der Waals surface area contributed by atoms with Gasteiger partial charge in [0.15, 0.2) is 5.76 Å². The van der Waals surface area contributed by atoms with Gasteiger partial charge in [0.25, 0.3) is 5.91 Å². The summed E-state index contributed by atoms with van der Waals surface area (Å²) >= 11 is 0. The minimum Gasteiger partial charge on any atom is -0.460 e. The molecule has 0 spiro atoms. The van der Waals surface area contributed by atoms with Crippen molar-refractivity contribution in [2.75, 3.05) is 13.1 Å². The summed E-state index contributed by atoms with van der Waals surface area (Å²) in [5.74, 6) is -1.09. The second-order valence-corrected chi connectivity index (χ2v) is 4.91. The van der Waals surface area contributed by atoms with Crippen molar-refractivity contribution < 1.29 is 23.5 Å². The van der Waals surface area contributed by atoms with Crippen molar-refractivity contribution in [3.05, 3.63) is 60.1 Å². The summed E-state index contributed by atoms with van der Waals surface area (Å²) in [6.07, 6.45) is 1.45. The van der Waals surface area contributed by atoms with Gasteiger partial charge in [-0.1, -0.05) is 30.3 Å². The van der Waals surface area contributed by atoms with Gasteiger partial charge in [-0.3, -0.25) is 14.4 Å². The first kappa shape index (κ1) is 17.3. The fraction of sp³-hybridized carbons (Fsp3) is 0.235. The summed E-state index contributed by atoms with van der Waals surface area (Å²) in [7, 11) is 0. The lowest BCUT2D eigenvalue weighted by atomic mass is 10.2. The molecule has 1 aromatic heterocycles. The third-order valence-electron chi connectivity index (χ3n) is 3.06. The molecule has 2 rings (SSSR count). The van der Waals surface area contributed by atoms with E-state index in [9.17, 15) is 14.4 Å². The summed E-state index contributed by atoms with van der Waals surface area (Å²) < 4.78 is 9.96. The van der Waals surface area contributed by atoms with Crippen molar-refractivity contribution in [2.45, 2.75) is 13.0 Å². The average Bonchev–Trinajstić information content (AvgIpc) is 3.13. The fourth-order valence-corrected chi connectivity index (χ4v) is 1.83. The summed E-state index contributed by atoms with van der Waals surface area (Å²) in [6, 6.07) is 12.4. The van der Waals surface area contributed by atoms with Gasteiger partial charge in [-0.2, -0.15) is 0 Å². The summed E-state index contributed by atoms with van der Waals surface area (Å²) in [5, 5.41) is 4.98. The molecule has 2 aromatic rings. The molecular weight excluding hydrogens is 312 g/mol. The lowest BCUT2D eigenvalue weighted by Gasteiger charge is -2.07. The first-order chi connectivity index (χ1) is 11.6. The molecule has 0 saturated carbocycles. The maximum absolute atomic E-state index is 11.6. The molecule has 1 aromatic carbocycles. The summed E-state index contributed by atoms with van der Waals surface area (Å²) in [6.45, 7) is 0.0942. The average molecular weight is 330 g/mol. The van der Waals surface area contributed by atoms with E-state index in [0.717, 1.165) is 5.56 Å². The van der Waals surface area contributed by atoms with Crippen LogP contribution in [0.4, 0.5) is 0 Å². The van der Waals surface area contributed by atoms with Crippen LogP contribution in [0.5, 0.6) is 0 Å². The minimum absolute atomic E-state index is 0.0540. The van der Waals surface area contributed by atoms with Crippen molar-refractivity contribution in [2.24, 2.45) is 0 Å². The number of rotatable bonds is 8. The van der Waals surface area contributed by atoms with Crippen molar-refractivity contribution >= 4 is 17.8 Å². The van der Waals surface area contributed by atoms with Crippen LogP contribution in [-0.2, 0) is 20.9 Å². The van der Waals surface area contributed by atoms with E-state index in [4.69, 9.17) is 9.15 Å². The monoisotopic (exact) mass is 330 g/mol. The van der Waals surface area contributed by atoms with Crippen LogP contribution in [-0.4, -0.2) is 30.9 Å². The molecule has 0 bridgehead atoms. The second kappa shape index (κ2) is 9.14. The van der Waals surface area contributed by atoms with Gasteiger partial charge in [0, 0.05) is 13.0 Å². The maximum atomic E-state index is 11.6. The molecule has 7 nitrogen and oxygen atoms in total. The highest BCUT2D eigenvalue weighted by Gasteiger charge is 2.10. The maximum Gasteiger partial charge on any atom is 0.325 e. The lowest BCUT2D eigenvalue weighted by molar-refractivity contribution is -0.145. The van der Waals surface area contributed by atoms with Gasteiger partial charge in [-0.05, 0) is 17.7 Å². The molecule has 2 amide bonds. The highest BCUT2D eigenvalue weighted by Crippen LogP contribution is 2.00. The summed E-state index contributed by atoms with van der Waals surface area (Å²) in [4.78, 5) is 34.7. The Balaban J connectivity index is 1.57. The number of carbonyl (C=O) groups is 3. The van der Waals surface area contributed by atoms with Gasteiger partial charge in [0.05, 0.1) is 6.26 Å². The van der Waals surface area contributed by atoms with Gasteiger partial charge >= 0.3 is 5.97 Å². The van der Waals surface area contributed by atoms with Gasteiger partial charge in [0.2, 0.25) is 5.91 Å². The van der Waals surface area contributed by atoms with E-state index in [-0.39, 0.29) is 37.8 Å². The molecule has 2 N–H and O–H groups in total. The van der Waals surface area contributed by atoms with E-state index < -0.39 is 11.9 Å². The zero-order valence-electron chi connectivity index (χ0n) is 13.0. The molecule has 1 heterocycles. The zero-order chi connectivity index (χ0) is 17.2. The van der Waals surface area contributed by atoms with Crippen LogP contribution in [0.25, 0.3) is 0 Å². The zero-order valence-corrected chi connectivity index (χ0v) is 13.0. The molecule has 0 aliphatic rings. The Kier molecular flexibility index (Phi) is 6.58. The van der Waals surface area contributed by atoms with Crippen LogP contribution in [0, 0.1) is 0 Å². The molecule has 0 unspecified atom stereocenters. The number of amides is 2. The second-order valence-electron chi connectivity index (χ2n) is 4.91. The lowest BCUT2D eigenvalue weighted by Crippen LogP contribution is -2.34. The molecule has 24 heavy (non-hydrogen) atoms. The largest absolute Gasteiger partial charge is 0.460 e. The Hall–Kier alpha value is -3.09. The van der Waals surface area contributed by atoms with Gasteiger partial charge in [-0.25, -0.2) is 0 Å². The molecule has 126 valence electrons. The van der Waals surface area contributed by atoms with Crippen molar-refractivity contribution in [3.8, 4) is 0 Å².